The number of amides is 2. The lowest BCUT2D eigenvalue weighted by atomic mass is 10.1. The van der Waals surface area contributed by atoms with E-state index in [1.165, 1.54) is 18.3 Å². The molecule has 2 rings (SSSR count). The zero-order chi connectivity index (χ0) is 23.5. The second-order valence-corrected chi connectivity index (χ2v) is 9.28. The number of rotatable bonds is 5. The Kier molecular flexibility index (Phi) is 11.5. The fraction of sp³-hybridized carbons (Fsp3) is 0.773. The molecule has 2 heterocycles. The fourth-order valence-electron chi connectivity index (χ4n) is 3.40. The smallest absolute Gasteiger partial charge is 0.273 e. The van der Waals surface area contributed by atoms with E-state index in [1.807, 2.05) is 0 Å². The summed E-state index contributed by atoms with van der Waals surface area (Å²) >= 11 is 1.36. The summed E-state index contributed by atoms with van der Waals surface area (Å²) < 4.78 is 11.4. The van der Waals surface area contributed by atoms with E-state index >= 15 is 0 Å². The van der Waals surface area contributed by atoms with Gasteiger partial charge in [0.1, 0.15) is 24.0 Å². The summed E-state index contributed by atoms with van der Waals surface area (Å²) in [5, 5.41) is 22.8. The Hall–Kier alpha value is -1.59. The van der Waals surface area contributed by atoms with Gasteiger partial charge in [-0.2, -0.15) is 0 Å². The molecule has 9 nitrogen and oxygen atoms in total. The number of aromatic nitrogens is 1. The number of aliphatic hydroxyl groups excluding tert-OH is 2. The maximum Gasteiger partial charge on any atom is 0.273 e. The van der Waals surface area contributed by atoms with Crippen LogP contribution in [0.1, 0.15) is 50.5 Å². The Labute approximate surface area is 194 Å². The van der Waals surface area contributed by atoms with Crippen LogP contribution >= 0.6 is 11.3 Å². The summed E-state index contributed by atoms with van der Waals surface area (Å²) in [5.74, 6) is 0.0737. The number of hydrogen-bond acceptors (Lipinski definition) is 8. The van der Waals surface area contributed by atoms with Crippen LogP contribution in [0.3, 0.4) is 0 Å². The number of hydrogen-bond donors (Lipinski definition) is 2. The molecule has 1 aromatic heterocycles. The molecule has 182 valence electrons. The molecule has 1 saturated heterocycles. The maximum absolute atomic E-state index is 12.9. The Morgan fingerprint density at radius 3 is 2.66 bits per heavy atom. The zero-order valence-corrected chi connectivity index (χ0v) is 20.1. The van der Waals surface area contributed by atoms with Crippen molar-refractivity contribution in [3.05, 3.63) is 16.6 Å². The van der Waals surface area contributed by atoms with Gasteiger partial charge in [-0.3, -0.25) is 9.59 Å². The van der Waals surface area contributed by atoms with E-state index in [0.29, 0.717) is 50.9 Å². The van der Waals surface area contributed by atoms with Gasteiger partial charge in [-0.15, -0.1) is 11.3 Å². The van der Waals surface area contributed by atoms with Gasteiger partial charge in [-0.1, -0.05) is 13.8 Å². The van der Waals surface area contributed by atoms with Crippen LogP contribution < -0.4 is 0 Å². The van der Waals surface area contributed by atoms with Crippen LogP contribution in [0.15, 0.2) is 10.9 Å². The lowest BCUT2D eigenvalue weighted by molar-refractivity contribution is -0.140. The molecule has 0 unspecified atom stereocenters. The maximum atomic E-state index is 12.9. The van der Waals surface area contributed by atoms with E-state index in [1.54, 1.807) is 20.7 Å². The zero-order valence-electron chi connectivity index (χ0n) is 19.3. The molecule has 10 heteroatoms. The molecule has 1 aliphatic heterocycles. The van der Waals surface area contributed by atoms with Crippen LogP contribution in [0.2, 0.25) is 0 Å². The first-order chi connectivity index (χ1) is 15.3. The van der Waals surface area contributed by atoms with Gasteiger partial charge in [0, 0.05) is 51.7 Å². The van der Waals surface area contributed by atoms with Gasteiger partial charge in [-0.25, -0.2) is 4.98 Å². The first-order valence-corrected chi connectivity index (χ1v) is 12.2. The molecule has 1 fully saturated rings. The highest BCUT2D eigenvalue weighted by Crippen LogP contribution is 2.13. The average Bonchev–Trinajstić information content (AvgIpc) is 3.28. The van der Waals surface area contributed by atoms with E-state index in [2.05, 4.69) is 18.8 Å². The number of carbonyl (C=O) groups is 2. The van der Waals surface area contributed by atoms with Crippen molar-refractivity contribution in [3.8, 4) is 0 Å². The quantitative estimate of drug-likeness (QED) is 0.667. The van der Waals surface area contributed by atoms with Gasteiger partial charge in [0.15, 0.2) is 0 Å². The summed E-state index contributed by atoms with van der Waals surface area (Å²) in [7, 11) is 0. The van der Waals surface area contributed by atoms with Crippen LogP contribution in [0.4, 0.5) is 0 Å². The number of ether oxygens (including phenoxy) is 2. The molecule has 0 radical (unpaired) electrons. The van der Waals surface area contributed by atoms with Crippen molar-refractivity contribution in [2.24, 2.45) is 5.92 Å². The van der Waals surface area contributed by atoms with E-state index in [0.717, 1.165) is 12.8 Å². The van der Waals surface area contributed by atoms with Crippen molar-refractivity contribution in [2.45, 2.75) is 58.3 Å². The van der Waals surface area contributed by atoms with Crippen molar-refractivity contribution in [1.29, 1.82) is 0 Å². The van der Waals surface area contributed by atoms with Crippen molar-refractivity contribution < 1.29 is 29.3 Å². The molecule has 3 atom stereocenters. The Bertz CT molecular complexity index is 687. The average molecular weight is 472 g/mol. The lowest BCUT2D eigenvalue weighted by Crippen LogP contribution is -2.50. The predicted octanol–water partition coefficient (Wildman–Crippen LogP) is 1.40. The Balaban J connectivity index is 2.15. The standard InChI is InChI=1S/C22H37N3O6S/c1-16(2)6-11-31-20-12-25(17(3)26)9-8-24(22(29)18-14-32-15-23-18)7-4-5-10-30-13-19(27)21(20)28/h14-16,19-21,27-28H,4-13H2,1-3H3/t19-,20-,21-/m1/s1. The Morgan fingerprint density at radius 1 is 1.25 bits per heavy atom. The third-order valence-corrected chi connectivity index (χ3v) is 6.07. The highest BCUT2D eigenvalue weighted by Gasteiger charge is 2.30. The van der Waals surface area contributed by atoms with Gasteiger partial charge in [0.25, 0.3) is 5.91 Å². The second kappa shape index (κ2) is 13.8. The first-order valence-electron chi connectivity index (χ1n) is 11.3. The van der Waals surface area contributed by atoms with Crippen LogP contribution in [0.25, 0.3) is 0 Å². The molecular weight excluding hydrogens is 434 g/mol. The fourth-order valence-corrected chi connectivity index (χ4v) is 3.93. The third kappa shape index (κ3) is 8.74. The predicted molar refractivity (Wildman–Crippen MR) is 122 cm³/mol. The van der Waals surface area contributed by atoms with Gasteiger partial charge >= 0.3 is 0 Å². The van der Waals surface area contributed by atoms with E-state index < -0.39 is 18.3 Å². The van der Waals surface area contributed by atoms with Crippen LogP contribution in [-0.4, -0.2) is 101 Å². The minimum Gasteiger partial charge on any atom is -0.388 e. The van der Waals surface area contributed by atoms with Gasteiger partial charge in [-0.05, 0) is 25.2 Å². The van der Waals surface area contributed by atoms with Crippen LogP contribution in [0.5, 0.6) is 0 Å². The summed E-state index contributed by atoms with van der Waals surface area (Å²) in [5.41, 5.74) is 2.02. The van der Waals surface area contributed by atoms with Crippen molar-refractivity contribution >= 4 is 23.2 Å². The van der Waals surface area contributed by atoms with Gasteiger partial charge in [0.2, 0.25) is 5.91 Å². The van der Waals surface area contributed by atoms with Crippen molar-refractivity contribution in [1.82, 2.24) is 14.8 Å². The molecule has 0 aliphatic carbocycles. The molecular formula is C22H37N3O6S. The topological polar surface area (TPSA) is 112 Å². The Morgan fingerprint density at radius 2 is 2.00 bits per heavy atom. The molecule has 2 amide bonds. The molecule has 2 N–H and O–H groups in total. The molecule has 32 heavy (non-hydrogen) atoms. The molecule has 0 bridgehead atoms. The summed E-state index contributed by atoms with van der Waals surface area (Å²) in [6.45, 7) is 7.68. The largest absolute Gasteiger partial charge is 0.388 e. The minimum atomic E-state index is -1.19. The van der Waals surface area contributed by atoms with Gasteiger partial charge < -0.3 is 29.5 Å². The molecule has 1 aromatic rings. The van der Waals surface area contributed by atoms with E-state index in [-0.39, 0.29) is 25.0 Å². The van der Waals surface area contributed by atoms with E-state index in [4.69, 9.17) is 9.47 Å². The number of nitrogens with zero attached hydrogens (tertiary/aromatic N) is 3. The highest BCUT2D eigenvalue weighted by atomic mass is 32.1. The second-order valence-electron chi connectivity index (χ2n) is 8.56. The minimum absolute atomic E-state index is 0.0211. The first kappa shape index (κ1) is 26.7. The molecule has 0 aromatic carbocycles. The monoisotopic (exact) mass is 471 g/mol. The van der Waals surface area contributed by atoms with Crippen molar-refractivity contribution in [3.63, 3.8) is 0 Å². The molecule has 1 aliphatic rings. The summed E-state index contributed by atoms with van der Waals surface area (Å²) in [4.78, 5) is 32.6. The number of aliphatic hydroxyl groups is 2. The normalized spacial score (nSPS) is 24.4. The van der Waals surface area contributed by atoms with Crippen molar-refractivity contribution in [2.75, 3.05) is 46.0 Å². The van der Waals surface area contributed by atoms with Crippen LogP contribution in [-0.2, 0) is 14.3 Å². The number of thiazole rings is 1. The number of carbonyl (C=O) groups excluding carboxylic acids is 2. The molecule has 0 spiro atoms. The summed E-state index contributed by atoms with van der Waals surface area (Å²) in [6.07, 6.45) is -0.851. The summed E-state index contributed by atoms with van der Waals surface area (Å²) in [6, 6.07) is 0. The highest BCUT2D eigenvalue weighted by molar-refractivity contribution is 7.07. The SMILES string of the molecule is CC(=O)N1CCN(C(=O)c2cscn2)CCCCOC[C@@H](O)[C@@H](O)[C@H](OCCC(C)C)C1. The van der Waals surface area contributed by atoms with E-state index in [9.17, 15) is 19.8 Å². The third-order valence-electron chi connectivity index (χ3n) is 5.48. The van der Waals surface area contributed by atoms with Crippen LogP contribution in [0, 0.1) is 5.92 Å². The lowest BCUT2D eigenvalue weighted by Gasteiger charge is -2.33. The molecule has 0 saturated carbocycles. The van der Waals surface area contributed by atoms with Gasteiger partial charge in [0.05, 0.1) is 12.1 Å².